The van der Waals surface area contributed by atoms with Crippen LogP contribution in [0.15, 0.2) is 76.5 Å². The Labute approximate surface area is 195 Å². The van der Waals surface area contributed by atoms with Gasteiger partial charge in [-0.1, -0.05) is 36.0 Å². The molecule has 9 heteroatoms. The quantitative estimate of drug-likeness (QED) is 0.373. The summed E-state index contributed by atoms with van der Waals surface area (Å²) < 4.78 is 17.7. The summed E-state index contributed by atoms with van der Waals surface area (Å²) in [5.74, 6) is 2.80. The SMILES string of the molecule is COc1ccc(C(NC(=O)CSc2nnc(-c3ccco3)n2C)c2ccc(OC)cc2)cc1. The zero-order chi connectivity index (χ0) is 23.2. The van der Waals surface area contributed by atoms with Gasteiger partial charge >= 0.3 is 0 Å². The minimum Gasteiger partial charge on any atom is -0.497 e. The summed E-state index contributed by atoms with van der Waals surface area (Å²) >= 11 is 1.31. The van der Waals surface area contributed by atoms with Gasteiger partial charge in [0, 0.05) is 7.05 Å². The molecule has 0 saturated heterocycles. The van der Waals surface area contributed by atoms with Crippen LogP contribution in [0, 0.1) is 0 Å². The Balaban J connectivity index is 1.49. The van der Waals surface area contributed by atoms with E-state index in [2.05, 4.69) is 15.5 Å². The number of carbonyl (C=O) groups excluding carboxylic acids is 1. The van der Waals surface area contributed by atoms with Gasteiger partial charge in [0.1, 0.15) is 11.5 Å². The van der Waals surface area contributed by atoms with Crippen molar-refractivity contribution in [2.45, 2.75) is 11.2 Å². The first-order chi connectivity index (χ1) is 16.1. The van der Waals surface area contributed by atoms with E-state index in [9.17, 15) is 4.79 Å². The summed E-state index contributed by atoms with van der Waals surface area (Å²) in [5.41, 5.74) is 1.89. The van der Waals surface area contributed by atoms with Gasteiger partial charge in [0.15, 0.2) is 16.7 Å². The minimum absolute atomic E-state index is 0.126. The first kappa shape index (κ1) is 22.5. The molecular formula is C24H24N4O4S. The molecule has 0 aliphatic carbocycles. The van der Waals surface area contributed by atoms with Crippen LogP contribution in [0.2, 0.25) is 0 Å². The van der Waals surface area contributed by atoms with E-state index in [1.807, 2.05) is 61.6 Å². The number of thioether (sulfide) groups is 1. The second kappa shape index (κ2) is 10.3. The minimum atomic E-state index is -0.326. The Morgan fingerprint density at radius 1 is 1.00 bits per heavy atom. The maximum Gasteiger partial charge on any atom is 0.231 e. The highest BCUT2D eigenvalue weighted by molar-refractivity contribution is 7.99. The largest absolute Gasteiger partial charge is 0.497 e. The van der Waals surface area contributed by atoms with E-state index < -0.39 is 0 Å². The van der Waals surface area contributed by atoms with Crippen molar-refractivity contribution in [1.82, 2.24) is 20.1 Å². The highest BCUT2D eigenvalue weighted by Gasteiger charge is 2.19. The van der Waals surface area contributed by atoms with Crippen molar-refractivity contribution in [1.29, 1.82) is 0 Å². The highest BCUT2D eigenvalue weighted by Crippen LogP contribution is 2.27. The second-order valence-electron chi connectivity index (χ2n) is 7.18. The Bertz CT molecular complexity index is 1140. The fraction of sp³-hybridized carbons (Fsp3) is 0.208. The molecule has 1 amide bonds. The Morgan fingerprint density at radius 3 is 2.12 bits per heavy atom. The molecule has 8 nitrogen and oxygen atoms in total. The van der Waals surface area contributed by atoms with E-state index in [-0.39, 0.29) is 17.7 Å². The van der Waals surface area contributed by atoms with E-state index in [4.69, 9.17) is 13.9 Å². The third-order valence-corrected chi connectivity index (χ3v) is 6.13. The molecule has 0 fully saturated rings. The van der Waals surface area contributed by atoms with Crippen LogP contribution in [-0.2, 0) is 11.8 Å². The standard InChI is InChI=1S/C24H24N4O4S/c1-28-23(20-5-4-14-32-20)26-27-24(28)33-15-21(29)25-22(16-6-10-18(30-2)11-7-16)17-8-12-19(31-3)13-9-17/h4-14,22H,15H2,1-3H3,(H,25,29). The zero-order valence-corrected chi connectivity index (χ0v) is 19.3. The van der Waals surface area contributed by atoms with Gasteiger partial charge < -0.3 is 23.8 Å². The molecule has 4 rings (SSSR count). The van der Waals surface area contributed by atoms with Crippen LogP contribution < -0.4 is 14.8 Å². The third kappa shape index (κ3) is 5.20. The molecule has 2 heterocycles. The molecule has 0 aliphatic rings. The molecule has 0 aliphatic heterocycles. The molecule has 2 aromatic heterocycles. The maximum atomic E-state index is 12.9. The smallest absolute Gasteiger partial charge is 0.231 e. The fourth-order valence-electron chi connectivity index (χ4n) is 3.35. The normalized spacial score (nSPS) is 10.9. The zero-order valence-electron chi connectivity index (χ0n) is 18.5. The molecule has 2 aromatic carbocycles. The number of hydrogen-bond acceptors (Lipinski definition) is 7. The van der Waals surface area contributed by atoms with E-state index >= 15 is 0 Å². The first-order valence-electron chi connectivity index (χ1n) is 10.2. The predicted octanol–water partition coefficient (Wildman–Crippen LogP) is 4.09. The van der Waals surface area contributed by atoms with Crippen LogP contribution in [0.3, 0.4) is 0 Å². The maximum absolute atomic E-state index is 12.9. The Morgan fingerprint density at radius 2 is 1.61 bits per heavy atom. The molecule has 0 unspecified atom stereocenters. The number of carbonyl (C=O) groups is 1. The monoisotopic (exact) mass is 464 g/mol. The lowest BCUT2D eigenvalue weighted by molar-refractivity contribution is -0.119. The van der Waals surface area contributed by atoms with E-state index in [1.54, 1.807) is 31.1 Å². The average Bonchev–Trinajstić information content (AvgIpc) is 3.51. The lowest BCUT2D eigenvalue weighted by Gasteiger charge is -2.20. The number of aromatic nitrogens is 3. The highest BCUT2D eigenvalue weighted by atomic mass is 32.2. The lowest BCUT2D eigenvalue weighted by atomic mass is 9.98. The van der Waals surface area contributed by atoms with Crippen LogP contribution in [0.25, 0.3) is 11.6 Å². The topological polar surface area (TPSA) is 91.4 Å². The van der Waals surface area contributed by atoms with Crippen molar-refractivity contribution in [2.75, 3.05) is 20.0 Å². The number of methoxy groups -OCH3 is 2. The summed E-state index contributed by atoms with van der Waals surface area (Å²) in [6, 6.07) is 18.6. The number of nitrogens with one attached hydrogen (secondary N) is 1. The van der Waals surface area contributed by atoms with Crippen molar-refractivity contribution < 1.29 is 18.7 Å². The number of amides is 1. The van der Waals surface area contributed by atoms with Gasteiger partial charge in [-0.2, -0.15) is 0 Å². The third-order valence-electron chi connectivity index (χ3n) is 5.11. The number of rotatable bonds is 9. The van der Waals surface area contributed by atoms with Crippen molar-refractivity contribution in [3.8, 4) is 23.1 Å². The van der Waals surface area contributed by atoms with Crippen LogP contribution in [0.5, 0.6) is 11.5 Å². The van der Waals surface area contributed by atoms with E-state index in [0.717, 1.165) is 22.6 Å². The number of nitrogens with zero attached hydrogens (tertiary/aromatic N) is 3. The summed E-state index contributed by atoms with van der Waals surface area (Å²) in [7, 11) is 5.09. The van der Waals surface area contributed by atoms with Crippen LogP contribution in [0.4, 0.5) is 0 Å². The summed E-state index contributed by atoms with van der Waals surface area (Å²) in [4.78, 5) is 12.9. The molecule has 4 aromatic rings. The van der Waals surface area contributed by atoms with Gasteiger partial charge in [-0.15, -0.1) is 10.2 Å². The first-order valence-corrected chi connectivity index (χ1v) is 11.2. The molecule has 0 bridgehead atoms. The van der Waals surface area contributed by atoms with E-state index in [1.165, 1.54) is 11.8 Å². The van der Waals surface area contributed by atoms with Crippen molar-refractivity contribution in [2.24, 2.45) is 7.05 Å². The van der Waals surface area contributed by atoms with Gasteiger partial charge in [-0.3, -0.25) is 4.79 Å². The predicted molar refractivity (Wildman–Crippen MR) is 125 cm³/mol. The molecule has 0 spiro atoms. The van der Waals surface area contributed by atoms with Crippen LogP contribution in [-0.4, -0.2) is 40.6 Å². The number of benzene rings is 2. The Hall–Kier alpha value is -3.72. The molecule has 0 saturated carbocycles. The van der Waals surface area contributed by atoms with Gasteiger partial charge in [0.05, 0.1) is 32.3 Å². The molecular weight excluding hydrogens is 440 g/mol. The van der Waals surface area contributed by atoms with Gasteiger partial charge in [0.2, 0.25) is 5.91 Å². The fourth-order valence-corrected chi connectivity index (χ4v) is 4.07. The summed E-state index contributed by atoms with van der Waals surface area (Å²) in [6.45, 7) is 0. The average molecular weight is 465 g/mol. The van der Waals surface area contributed by atoms with Crippen molar-refractivity contribution in [3.05, 3.63) is 78.1 Å². The summed E-state index contributed by atoms with van der Waals surface area (Å²) in [6.07, 6.45) is 1.59. The lowest BCUT2D eigenvalue weighted by Crippen LogP contribution is -2.30. The second-order valence-corrected chi connectivity index (χ2v) is 8.12. The number of ether oxygens (including phenoxy) is 2. The van der Waals surface area contributed by atoms with Gasteiger partial charge in [0.25, 0.3) is 0 Å². The molecule has 170 valence electrons. The molecule has 0 atom stereocenters. The van der Waals surface area contributed by atoms with Crippen molar-refractivity contribution in [3.63, 3.8) is 0 Å². The van der Waals surface area contributed by atoms with Gasteiger partial charge in [-0.05, 0) is 47.5 Å². The van der Waals surface area contributed by atoms with Crippen molar-refractivity contribution >= 4 is 17.7 Å². The van der Waals surface area contributed by atoms with E-state index in [0.29, 0.717) is 16.7 Å². The van der Waals surface area contributed by atoms with Crippen LogP contribution >= 0.6 is 11.8 Å². The van der Waals surface area contributed by atoms with Crippen LogP contribution in [0.1, 0.15) is 17.2 Å². The number of furan rings is 1. The number of hydrogen-bond donors (Lipinski definition) is 1. The summed E-state index contributed by atoms with van der Waals surface area (Å²) in [5, 5.41) is 12.1. The van der Waals surface area contributed by atoms with Gasteiger partial charge in [-0.25, -0.2) is 0 Å². The molecule has 1 N–H and O–H groups in total. The Kier molecular flexibility index (Phi) is 6.99. The molecule has 33 heavy (non-hydrogen) atoms. The molecule has 0 radical (unpaired) electrons.